The Bertz CT molecular complexity index is 559. The first-order valence-corrected chi connectivity index (χ1v) is 6.31. The third-order valence-electron chi connectivity index (χ3n) is 4.29. The summed E-state index contributed by atoms with van der Waals surface area (Å²) in [6.07, 6.45) is 2.43. The largest absolute Gasteiger partial charge is 0.325 e. The van der Waals surface area contributed by atoms with E-state index in [0.717, 1.165) is 0 Å². The smallest absolute Gasteiger partial charge is 0.0195 e. The normalized spacial score (nSPS) is 18.3. The molecule has 0 amide bonds. The van der Waals surface area contributed by atoms with Crippen molar-refractivity contribution in [2.75, 3.05) is 0 Å². The van der Waals surface area contributed by atoms with E-state index in [-0.39, 0.29) is 11.0 Å². The molecule has 0 spiro atoms. The first-order valence-electron chi connectivity index (χ1n) is 6.31. The van der Waals surface area contributed by atoms with Crippen LogP contribution >= 0.6 is 0 Å². The van der Waals surface area contributed by atoms with Crippen LogP contribution in [0, 0.1) is 0 Å². The van der Waals surface area contributed by atoms with Gasteiger partial charge >= 0.3 is 0 Å². The standard InChI is InChI=1S/C16H19N/c1-15(2,17)16(9-10-16)14-8-7-12-5-3-4-6-13(12)11-14/h3-8,11H,9-10,17H2,1-2H3. The van der Waals surface area contributed by atoms with Crippen molar-refractivity contribution in [1.82, 2.24) is 0 Å². The molecule has 2 aromatic carbocycles. The second-order valence-electron chi connectivity index (χ2n) is 5.87. The number of nitrogens with two attached hydrogens (primary N) is 1. The van der Waals surface area contributed by atoms with E-state index >= 15 is 0 Å². The van der Waals surface area contributed by atoms with Crippen LogP contribution in [0.15, 0.2) is 42.5 Å². The monoisotopic (exact) mass is 225 g/mol. The summed E-state index contributed by atoms with van der Waals surface area (Å²) in [5.41, 5.74) is 7.83. The van der Waals surface area contributed by atoms with E-state index in [0.29, 0.717) is 0 Å². The Morgan fingerprint density at radius 3 is 2.24 bits per heavy atom. The molecule has 0 aliphatic heterocycles. The van der Waals surface area contributed by atoms with Gasteiger partial charge in [-0.25, -0.2) is 0 Å². The van der Waals surface area contributed by atoms with Gasteiger partial charge < -0.3 is 5.73 Å². The van der Waals surface area contributed by atoms with Crippen LogP contribution in [0.4, 0.5) is 0 Å². The fourth-order valence-corrected chi connectivity index (χ4v) is 2.92. The Morgan fingerprint density at radius 1 is 1.00 bits per heavy atom. The molecule has 0 atom stereocenters. The lowest BCUT2D eigenvalue weighted by Gasteiger charge is -2.31. The van der Waals surface area contributed by atoms with Gasteiger partial charge in [0.05, 0.1) is 0 Å². The Kier molecular flexibility index (Phi) is 2.11. The molecular formula is C16H19N. The molecule has 17 heavy (non-hydrogen) atoms. The van der Waals surface area contributed by atoms with E-state index in [1.54, 1.807) is 0 Å². The van der Waals surface area contributed by atoms with Crippen molar-refractivity contribution >= 4 is 10.8 Å². The molecule has 1 aliphatic rings. The van der Waals surface area contributed by atoms with Gasteiger partial charge in [0.15, 0.2) is 0 Å². The zero-order chi connectivity index (χ0) is 12.1. The molecule has 1 nitrogen and oxygen atoms in total. The maximum atomic E-state index is 6.35. The number of rotatable bonds is 2. The van der Waals surface area contributed by atoms with Gasteiger partial charge in [0, 0.05) is 11.0 Å². The van der Waals surface area contributed by atoms with Gasteiger partial charge in [-0.1, -0.05) is 42.5 Å². The predicted octanol–water partition coefficient (Wildman–Crippen LogP) is 3.61. The van der Waals surface area contributed by atoms with Crippen LogP contribution in [0.25, 0.3) is 10.8 Å². The number of benzene rings is 2. The summed E-state index contributed by atoms with van der Waals surface area (Å²) in [6, 6.07) is 15.3. The third-order valence-corrected chi connectivity index (χ3v) is 4.29. The van der Waals surface area contributed by atoms with Crippen LogP contribution in [-0.2, 0) is 5.41 Å². The van der Waals surface area contributed by atoms with E-state index < -0.39 is 0 Å². The third kappa shape index (κ3) is 1.57. The van der Waals surface area contributed by atoms with Crippen molar-refractivity contribution in [3.63, 3.8) is 0 Å². The summed E-state index contributed by atoms with van der Waals surface area (Å²) in [7, 11) is 0. The van der Waals surface area contributed by atoms with Gasteiger partial charge in [0.25, 0.3) is 0 Å². The van der Waals surface area contributed by atoms with Gasteiger partial charge in [-0.3, -0.25) is 0 Å². The van der Waals surface area contributed by atoms with Crippen molar-refractivity contribution in [2.24, 2.45) is 5.73 Å². The molecule has 1 fully saturated rings. The van der Waals surface area contributed by atoms with E-state index in [2.05, 4.69) is 56.3 Å². The average molecular weight is 225 g/mol. The maximum Gasteiger partial charge on any atom is 0.0195 e. The molecule has 0 aromatic heterocycles. The van der Waals surface area contributed by atoms with Gasteiger partial charge in [-0.15, -0.1) is 0 Å². The summed E-state index contributed by atoms with van der Waals surface area (Å²) >= 11 is 0. The molecule has 88 valence electrons. The molecule has 2 N–H and O–H groups in total. The van der Waals surface area contributed by atoms with Crippen LogP contribution in [0.3, 0.4) is 0 Å². The van der Waals surface area contributed by atoms with Crippen LogP contribution in [0.1, 0.15) is 32.3 Å². The highest BCUT2D eigenvalue weighted by Gasteiger charge is 2.53. The average Bonchev–Trinajstić information content (AvgIpc) is 3.09. The fraction of sp³-hybridized carbons (Fsp3) is 0.375. The van der Waals surface area contributed by atoms with Gasteiger partial charge in [-0.05, 0) is 43.0 Å². The van der Waals surface area contributed by atoms with E-state index in [4.69, 9.17) is 5.73 Å². The highest BCUT2D eigenvalue weighted by Crippen LogP contribution is 2.54. The van der Waals surface area contributed by atoms with Crippen LogP contribution in [-0.4, -0.2) is 5.54 Å². The van der Waals surface area contributed by atoms with Crippen molar-refractivity contribution in [3.8, 4) is 0 Å². The van der Waals surface area contributed by atoms with Gasteiger partial charge in [-0.2, -0.15) is 0 Å². The van der Waals surface area contributed by atoms with Crippen LogP contribution < -0.4 is 5.73 Å². The molecule has 0 radical (unpaired) electrons. The SMILES string of the molecule is CC(C)(N)C1(c2ccc3ccccc3c2)CC1. The Labute approximate surface area is 103 Å². The Hall–Kier alpha value is -1.34. The lowest BCUT2D eigenvalue weighted by atomic mass is 9.79. The second kappa shape index (κ2) is 3.33. The van der Waals surface area contributed by atoms with Gasteiger partial charge in [0.2, 0.25) is 0 Å². The minimum absolute atomic E-state index is 0.130. The van der Waals surface area contributed by atoms with E-state index in [1.165, 1.54) is 29.2 Å². The topological polar surface area (TPSA) is 26.0 Å². The van der Waals surface area contributed by atoms with E-state index in [1.807, 2.05) is 0 Å². The first-order chi connectivity index (χ1) is 8.03. The molecule has 2 aromatic rings. The Balaban J connectivity index is 2.13. The molecule has 1 heteroatoms. The van der Waals surface area contributed by atoms with Crippen molar-refractivity contribution in [3.05, 3.63) is 48.0 Å². The second-order valence-corrected chi connectivity index (χ2v) is 5.87. The van der Waals surface area contributed by atoms with E-state index in [9.17, 15) is 0 Å². The summed E-state index contributed by atoms with van der Waals surface area (Å²) < 4.78 is 0. The highest BCUT2D eigenvalue weighted by atomic mass is 14.8. The number of hydrogen-bond acceptors (Lipinski definition) is 1. The predicted molar refractivity (Wildman–Crippen MR) is 73.1 cm³/mol. The lowest BCUT2D eigenvalue weighted by Crippen LogP contribution is -2.45. The highest BCUT2D eigenvalue weighted by molar-refractivity contribution is 5.83. The molecule has 0 heterocycles. The van der Waals surface area contributed by atoms with Crippen LogP contribution in [0.2, 0.25) is 0 Å². The summed E-state index contributed by atoms with van der Waals surface area (Å²) in [6.45, 7) is 4.30. The molecule has 1 aliphatic carbocycles. The summed E-state index contributed by atoms with van der Waals surface area (Å²) in [5, 5.41) is 2.63. The zero-order valence-electron chi connectivity index (χ0n) is 10.5. The quantitative estimate of drug-likeness (QED) is 0.830. The molecule has 0 unspecified atom stereocenters. The fourth-order valence-electron chi connectivity index (χ4n) is 2.92. The molecular weight excluding hydrogens is 206 g/mol. The minimum atomic E-state index is -0.130. The lowest BCUT2D eigenvalue weighted by molar-refractivity contribution is 0.392. The number of fused-ring (bicyclic) bond motifs is 1. The summed E-state index contributed by atoms with van der Waals surface area (Å²) in [5.74, 6) is 0. The zero-order valence-corrected chi connectivity index (χ0v) is 10.5. The van der Waals surface area contributed by atoms with Crippen molar-refractivity contribution in [1.29, 1.82) is 0 Å². The van der Waals surface area contributed by atoms with Gasteiger partial charge in [0.1, 0.15) is 0 Å². The van der Waals surface area contributed by atoms with Crippen LogP contribution in [0.5, 0.6) is 0 Å². The molecule has 0 saturated heterocycles. The molecule has 0 bridgehead atoms. The van der Waals surface area contributed by atoms with Crippen molar-refractivity contribution < 1.29 is 0 Å². The molecule has 1 saturated carbocycles. The molecule has 3 rings (SSSR count). The first kappa shape index (κ1) is 10.8. The number of hydrogen-bond donors (Lipinski definition) is 1. The Morgan fingerprint density at radius 2 is 1.65 bits per heavy atom. The summed E-state index contributed by atoms with van der Waals surface area (Å²) in [4.78, 5) is 0. The maximum absolute atomic E-state index is 6.35. The van der Waals surface area contributed by atoms with Crippen molar-refractivity contribution in [2.45, 2.75) is 37.6 Å². The minimum Gasteiger partial charge on any atom is -0.325 e.